The maximum absolute atomic E-state index is 12.5. The summed E-state index contributed by atoms with van der Waals surface area (Å²) in [6.07, 6.45) is 4.63. The number of aryl methyl sites for hydroxylation is 1. The predicted molar refractivity (Wildman–Crippen MR) is 97.7 cm³/mol. The van der Waals surface area contributed by atoms with E-state index in [0.717, 1.165) is 24.8 Å². The molecule has 6 nitrogen and oxygen atoms in total. The number of rotatable bonds is 5. The van der Waals surface area contributed by atoms with Gasteiger partial charge in [-0.15, -0.1) is 0 Å². The fourth-order valence-electron chi connectivity index (χ4n) is 4.12. The molecule has 3 rings (SSSR count). The number of carboxylic acid groups (broad SMARTS) is 1. The van der Waals surface area contributed by atoms with E-state index in [4.69, 9.17) is 0 Å². The first-order valence-electron chi connectivity index (χ1n) is 9.21. The van der Waals surface area contributed by atoms with E-state index >= 15 is 0 Å². The van der Waals surface area contributed by atoms with E-state index in [1.807, 2.05) is 18.2 Å². The summed E-state index contributed by atoms with van der Waals surface area (Å²) >= 11 is 0. The van der Waals surface area contributed by atoms with Crippen molar-refractivity contribution >= 4 is 21.7 Å². The highest BCUT2D eigenvalue weighted by Crippen LogP contribution is 2.34. The lowest BCUT2D eigenvalue weighted by Gasteiger charge is -2.29. The molecule has 0 aromatic heterocycles. The molecule has 26 heavy (non-hydrogen) atoms. The molecule has 3 unspecified atom stereocenters. The molecule has 1 amide bonds. The highest BCUT2D eigenvalue weighted by Gasteiger charge is 2.37. The van der Waals surface area contributed by atoms with Crippen LogP contribution in [-0.2, 0) is 25.8 Å². The number of aliphatic carboxylic acids is 1. The van der Waals surface area contributed by atoms with Crippen LogP contribution in [0, 0.1) is 0 Å². The van der Waals surface area contributed by atoms with Crippen LogP contribution in [0.15, 0.2) is 24.3 Å². The van der Waals surface area contributed by atoms with Gasteiger partial charge in [-0.2, -0.15) is 0 Å². The van der Waals surface area contributed by atoms with Crippen molar-refractivity contribution in [3.05, 3.63) is 35.4 Å². The Morgan fingerprint density at radius 1 is 1.15 bits per heavy atom. The number of sulfone groups is 1. The number of benzene rings is 1. The average molecular weight is 379 g/mol. The van der Waals surface area contributed by atoms with Gasteiger partial charge in [-0.25, -0.2) is 13.2 Å². The first kappa shape index (κ1) is 18.9. The molecule has 1 heterocycles. The van der Waals surface area contributed by atoms with Gasteiger partial charge in [0.15, 0.2) is 9.84 Å². The van der Waals surface area contributed by atoms with Crippen LogP contribution in [0.2, 0.25) is 0 Å². The molecule has 1 aromatic rings. The minimum absolute atomic E-state index is 0.00117. The lowest BCUT2D eigenvalue weighted by atomic mass is 9.79. The van der Waals surface area contributed by atoms with Crippen molar-refractivity contribution in [1.29, 1.82) is 0 Å². The molecule has 1 aromatic carbocycles. The van der Waals surface area contributed by atoms with Gasteiger partial charge in [-0.1, -0.05) is 30.7 Å². The third-order valence-corrected chi connectivity index (χ3v) is 7.67. The molecule has 0 bridgehead atoms. The van der Waals surface area contributed by atoms with Crippen LogP contribution in [-0.4, -0.2) is 42.4 Å². The maximum atomic E-state index is 12.5. The SMILES string of the molecule is O=C(O)C(CC1CCCc2ccccc21)NC(=O)C1CCCCS1(=O)=O. The number of hydrogen-bond donors (Lipinski definition) is 2. The molecular formula is C19H25NO5S. The zero-order valence-electron chi connectivity index (χ0n) is 14.7. The van der Waals surface area contributed by atoms with E-state index in [-0.39, 0.29) is 24.5 Å². The molecule has 1 aliphatic heterocycles. The van der Waals surface area contributed by atoms with Gasteiger partial charge in [0.2, 0.25) is 5.91 Å². The normalized spacial score (nSPS) is 25.7. The molecule has 0 saturated carbocycles. The Bertz CT molecular complexity index is 789. The van der Waals surface area contributed by atoms with Gasteiger partial charge in [-0.05, 0) is 55.6 Å². The summed E-state index contributed by atoms with van der Waals surface area (Å²) in [5.74, 6) is -1.72. The second-order valence-corrected chi connectivity index (χ2v) is 9.58. The second kappa shape index (κ2) is 7.78. The van der Waals surface area contributed by atoms with Crippen LogP contribution in [0.1, 0.15) is 55.6 Å². The number of nitrogens with one attached hydrogen (secondary N) is 1. The van der Waals surface area contributed by atoms with E-state index in [9.17, 15) is 23.1 Å². The standard InChI is InChI=1S/C19H25NO5S/c21-18(17-10-3-4-11-26(17,24)25)20-16(19(22)23)12-14-8-5-7-13-6-1-2-9-15(13)14/h1-2,6,9,14,16-17H,3-5,7-8,10-12H2,(H,20,21)(H,22,23). The third-order valence-electron chi connectivity index (χ3n) is 5.50. The number of hydrogen-bond acceptors (Lipinski definition) is 4. The van der Waals surface area contributed by atoms with Gasteiger partial charge in [0.25, 0.3) is 0 Å². The number of amides is 1. The summed E-state index contributed by atoms with van der Waals surface area (Å²) in [6.45, 7) is 0. The van der Waals surface area contributed by atoms with E-state index in [1.54, 1.807) is 0 Å². The summed E-state index contributed by atoms with van der Waals surface area (Å²) in [6, 6.07) is 6.93. The Kier molecular flexibility index (Phi) is 5.65. The lowest BCUT2D eigenvalue weighted by molar-refractivity contribution is -0.142. The predicted octanol–water partition coefficient (Wildman–Crippen LogP) is 2.03. The maximum Gasteiger partial charge on any atom is 0.326 e. The smallest absolute Gasteiger partial charge is 0.326 e. The fraction of sp³-hybridized carbons (Fsp3) is 0.579. The summed E-state index contributed by atoms with van der Waals surface area (Å²) in [5.41, 5.74) is 2.37. The van der Waals surface area contributed by atoms with E-state index in [0.29, 0.717) is 12.8 Å². The van der Waals surface area contributed by atoms with Crippen molar-refractivity contribution in [2.75, 3.05) is 5.75 Å². The van der Waals surface area contributed by atoms with Gasteiger partial charge in [-0.3, -0.25) is 4.79 Å². The first-order valence-corrected chi connectivity index (χ1v) is 10.9. The summed E-state index contributed by atoms with van der Waals surface area (Å²) in [7, 11) is -3.48. The molecule has 2 N–H and O–H groups in total. The van der Waals surface area contributed by atoms with Crippen LogP contribution < -0.4 is 5.32 Å². The van der Waals surface area contributed by atoms with Crippen LogP contribution in [0.3, 0.4) is 0 Å². The topological polar surface area (TPSA) is 101 Å². The molecule has 0 spiro atoms. The van der Waals surface area contributed by atoms with Gasteiger partial charge in [0, 0.05) is 0 Å². The Morgan fingerprint density at radius 3 is 2.65 bits per heavy atom. The summed E-state index contributed by atoms with van der Waals surface area (Å²) < 4.78 is 24.2. The van der Waals surface area contributed by atoms with Crippen molar-refractivity contribution in [3.8, 4) is 0 Å². The molecule has 1 aliphatic carbocycles. The molecule has 142 valence electrons. The molecule has 3 atom stereocenters. The zero-order valence-corrected chi connectivity index (χ0v) is 15.5. The summed E-state index contributed by atoms with van der Waals surface area (Å²) in [4.78, 5) is 24.2. The van der Waals surface area contributed by atoms with Gasteiger partial charge < -0.3 is 10.4 Å². The minimum Gasteiger partial charge on any atom is -0.480 e. The fourth-order valence-corrected chi connectivity index (χ4v) is 5.93. The zero-order chi connectivity index (χ0) is 18.7. The van der Waals surface area contributed by atoms with Crippen molar-refractivity contribution in [2.45, 2.75) is 62.2 Å². The van der Waals surface area contributed by atoms with Crippen molar-refractivity contribution < 1.29 is 23.1 Å². The largest absolute Gasteiger partial charge is 0.480 e. The molecule has 1 fully saturated rings. The van der Waals surface area contributed by atoms with Crippen LogP contribution in [0.4, 0.5) is 0 Å². The Hall–Kier alpha value is -1.89. The lowest BCUT2D eigenvalue weighted by Crippen LogP contribution is -2.49. The third kappa shape index (κ3) is 4.09. The minimum atomic E-state index is -3.48. The van der Waals surface area contributed by atoms with Crippen molar-refractivity contribution in [3.63, 3.8) is 0 Å². The van der Waals surface area contributed by atoms with Crippen molar-refractivity contribution in [1.82, 2.24) is 5.32 Å². The molecule has 1 saturated heterocycles. The number of carboxylic acids is 1. The van der Waals surface area contributed by atoms with Gasteiger partial charge >= 0.3 is 5.97 Å². The number of carbonyl (C=O) groups excluding carboxylic acids is 1. The van der Waals surface area contributed by atoms with E-state index in [2.05, 4.69) is 11.4 Å². The molecule has 7 heteroatoms. The highest BCUT2D eigenvalue weighted by molar-refractivity contribution is 7.92. The Morgan fingerprint density at radius 2 is 1.92 bits per heavy atom. The Labute approximate surface area is 153 Å². The summed E-state index contributed by atoms with van der Waals surface area (Å²) in [5, 5.41) is 11.0. The second-order valence-electron chi connectivity index (χ2n) is 7.27. The first-order chi connectivity index (χ1) is 12.4. The van der Waals surface area contributed by atoms with Gasteiger partial charge in [0.05, 0.1) is 5.75 Å². The quantitative estimate of drug-likeness (QED) is 0.815. The molecule has 2 aliphatic rings. The monoisotopic (exact) mass is 379 g/mol. The molecule has 0 radical (unpaired) electrons. The van der Waals surface area contributed by atoms with Crippen molar-refractivity contribution in [2.24, 2.45) is 0 Å². The van der Waals surface area contributed by atoms with Crippen LogP contribution in [0.5, 0.6) is 0 Å². The van der Waals surface area contributed by atoms with Crippen LogP contribution >= 0.6 is 0 Å². The van der Waals surface area contributed by atoms with E-state index < -0.39 is 33.0 Å². The van der Waals surface area contributed by atoms with E-state index in [1.165, 1.54) is 5.56 Å². The molecular weight excluding hydrogens is 354 g/mol. The number of carbonyl (C=O) groups is 2. The van der Waals surface area contributed by atoms with Gasteiger partial charge in [0.1, 0.15) is 11.3 Å². The van der Waals surface area contributed by atoms with Crippen LogP contribution in [0.25, 0.3) is 0 Å². The highest BCUT2D eigenvalue weighted by atomic mass is 32.2. The average Bonchev–Trinajstić information content (AvgIpc) is 2.60. The number of fused-ring (bicyclic) bond motifs is 1. The Balaban J connectivity index is 1.73.